The van der Waals surface area contributed by atoms with Crippen LogP contribution < -0.4 is 19.5 Å². The van der Waals surface area contributed by atoms with Gasteiger partial charge in [0.1, 0.15) is 28.0 Å². The van der Waals surface area contributed by atoms with Crippen LogP contribution in [0.3, 0.4) is 0 Å². The molecule has 0 saturated carbocycles. The van der Waals surface area contributed by atoms with E-state index < -0.39 is 43.8 Å². The fraction of sp³-hybridized carbons (Fsp3) is 0.262. The number of rotatable bonds is 18. The van der Waals surface area contributed by atoms with Crippen molar-refractivity contribution >= 4 is 39.8 Å². The number of sulfonamides is 1. The van der Waals surface area contributed by atoms with Gasteiger partial charge in [0, 0.05) is 32.9 Å². The summed E-state index contributed by atoms with van der Waals surface area (Å²) in [4.78, 5) is 16.5. The third kappa shape index (κ3) is 10.8. The zero-order valence-corrected chi connectivity index (χ0v) is 37.2. The summed E-state index contributed by atoms with van der Waals surface area (Å²) >= 11 is 0. The highest BCUT2D eigenvalue weighted by molar-refractivity contribution is 7.93. The number of benzene rings is 4. The summed E-state index contributed by atoms with van der Waals surface area (Å²) in [6.07, 6.45) is -0.0514. The first-order valence-corrected chi connectivity index (χ1v) is 25.8. The highest BCUT2D eigenvalue weighted by Gasteiger charge is 2.38. The lowest BCUT2D eigenvalue weighted by molar-refractivity contribution is 0.209. The van der Waals surface area contributed by atoms with Gasteiger partial charge in [-0.1, -0.05) is 62.1 Å². The van der Waals surface area contributed by atoms with Crippen molar-refractivity contribution in [3.8, 4) is 39.8 Å². The van der Waals surface area contributed by atoms with E-state index in [0.717, 1.165) is 5.56 Å². The maximum atomic E-state index is 15.9. The van der Waals surface area contributed by atoms with Gasteiger partial charge in [-0.15, -0.1) is 10.2 Å². The lowest BCUT2D eigenvalue weighted by Crippen LogP contribution is -2.32. The standard InChI is InChI=1S/C42H47N7O9S2Si/c1-56-32-15-9-29(10-16-32)26-48(27-30-11-17-33(57-2)18-12-30)60(54,55)39-37(59(52,53)24-25-61(4,5)6)22-21-35(36-8-7-23-43-40(36)44-42(50)51)38(39)41-45-47-49(46-41)28-31-13-19-34(58-3)20-14-31/h7-23H,24-28H2,1-6H3,(H,43,44)(H,50,51). The van der Waals surface area contributed by atoms with E-state index in [1.807, 2.05) is 31.8 Å². The predicted octanol–water partition coefficient (Wildman–Crippen LogP) is 7.07. The molecule has 4 aromatic carbocycles. The van der Waals surface area contributed by atoms with Gasteiger partial charge >= 0.3 is 6.09 Å². The second-order valence-corrected chi connectivity index (χ2v) is 24.8. The van der Waals surface area contributed by atoms with Crippen LogP contribution >= 0.6 is 0 Å². The molecule has 6 aromatic rings. The van der Waals surface area contributed by atoms with Crippen molar-refractivity contribution in [3.63, 3.8) is 0 Å². The van der Waals surface area contributed by atoms with Crippen molar-refractivity contribution < 1.29 is 40.9 Å². The minimum atomic E-state index is -4.88. The fourth-order valence-corrected chi connectivity index (χ4v) is 13.2. The van der Waals surface area contributed by atoms with Gasteiger partial charge in [0.25, 0.3) is 0 Å². The molecule has 0 spiro atoms. The van der Waals surface area contributed by atoms with Crippen LogP contribution in [0.4, 0.5) is 10.6 Å². The van der Waals surface area contributed by atoms with E-state index in [2.05, 4.69) is 25.7 Å². The van der Waals surface area contributed by atoms with Crippen molar-refractivity contribution in [2.24, 2.45) is 0 Å². The van der Waals surface area contributed by atoms with Crippen LogP contribution in [-0.4, -0.2) is 92.7 Å². The third-order valence-electron chi connectivity index (χ3n) is 9.69. The molecule has 0 bridgehead atoms. The topological polar surface area (TPSA) is 205 Å². The van der Waals surface area contributed by atoms with Crippen LogP contribution in [0.15, 0.2) is 113 Å². The number of nitrogens with one attached hydrogen (secondary N) is 1. The molecule has 0 aliphatic heterocycles. The molecule has 0 unspecified atom stereocenters. The second-order valence-electron chi connectivity index (χ2n) is 15.2. The summed E-state index contributed by atoms with van der Waals surface area (Å²) in [7, 11) is -6.61. The minimum Gasteiger partial charge on any atom is -0.497 e. The number of ether oxygens (including phenoxy) is 3. The summed E-state index contributed by atoms with van der Waals surface area (Å²) < 4.78 is 78.3. The van der Waals surface area contributed by atoms with E-state index in [9.17, 15) is 18.3 Å². The number of hydrogen-bond acceptors (Lipinski definition) is 12. The Morgan fingerprint density at radius 3 is 1.80 bits per heavy atom. The Morgan fingerprint density at radius 2 is 1.30 bits per heavy atom. The van der Waals surface area contributed by atoms with Gasteiger partial charge in [-0.2, -0.15) is 9.10 Å². The third-order valence-corrected chi connectivity index (χ3v) is 15.6. The molecule has 0 fully saturated rings. The Morgan fingerprint density at radius 1 is 0.754 bits per heavy atom. The number of amides is 1. The van der Waals surface area contributed by atoms with E-state index >= 15 is 8.42 Å². The lowest BCUT2D eigenvalue weighted by atomic mass is 9.99. The molecule has 0 aliphatic rings. The van der Waals surface area contributed by atoms with E-state index in [4.69, 9.17) is 14.2 Å². The number of anilines is 1. The molecule has 2 N–H and O–H groups in total. The molecule has 0 saturated heterocycles. The van der Waals surface area contributed by atoms with Crippen LogP contribution in [0, 0.1) is 0 Å². The highest BCUT2D eigenvalue weighted by Crippen LogP contribution is 2.43. The van der Waals surface area contributed by atoms with E-state index in [1.54, 1.807) is 79.9 Å². The first-order chi connectivity index (χ1) is 29.0. The number of tetrazole rings is 1. The Bertz CT molecular complexity index is 2660. The van der Waals surface area contributed by atoms with Gasteiger partial charge in [0.15, 0.2) is 9.84 Å². The van der Waals surface area contributed by atoms with Gasteiger partial charge in [-0.05, 0) is 88.1 Å². The monoisotopic (exact) mass is 885 g/mol. The minimum absolute atomic E-state index is 0.0948. The molecule has 1 amide bonds. The van der Waals surface area contributed by atoms with Gasteiger partial charge in [0.2, 0.25) is 15.8 Å². The van der Waals surface area contributed by atoms with Gasteiger partial charge < -0.3 is 19.3 Å². The number of aromatic nitrogens is 5. The summed E-state index contributed by atoms with van der Waals surface area (Å²) in [5.74, 6) is 1.09. The molecule has 0 radical (unpaired) electrons. The molecule has 320 valence electrons. The first-order valence-electron chi connectivity index (χ1n) is 19.0. The van der Waals surface area contributed by atoms with Gasteiger partial charge in [-0.3, -0.25) is 5.32 Å². The van der Waals surface area contributed by atoms with Crippen LogP contribution in [-0.2, 0) is 39.5 Å². The van der Waals surface area contributed by atoms with Crippen LogP contribution in [0.5, 0.6) is 17.2 Å². The Hall–Kier alpha value is -6.15. The summed E-state index contributed by atoms with van der Waals surface area (Å²) in [5.41, 5.74) is 1.98. The second kappa shape index (κ2) is 18.6. The smallest absolute Gasteiger partial charge is 0.410 e. The number of carboxylic acid groups (broad SMARTS) is 1. The highest BCUT2D eigenvalue weighted by atomic mass is 32.2. The number of pyridine rings is 1. The number of sulfone groups is 1. The maximum absolute atomic E-state index is 15.9. The molecule has 0 atom stereocenters. The van der Waals surface area contributed by atoms with Crippen molar-refractivity contribution in [1.82, 2.24) is 29.5 Å². The zero-order valence-electron chi connectivity index (χ0n) is 34.6. The molecule has 6 rings (SSSR count). The SMILES string of the molecule is COc1ccc(CN(Cc2ccc(OC)cc2)S(=O)(=O)c2c(S(=O)(=O)CC[Si](C)(C)C)ccc(-c3cccnc3NC(=O)O)c2-c2nnn(Cc3ccc(OC)cc3)n2)cc1. The Kier molecular flexibility index (Phi) is 13.6. The van der Waals surface area contributed by atoms with Crippen molar-refractivity contribution in [2.45, 2.75) is 55.1 Å². The molecule has 16 nitrogen and oxygen atoms in total. The number of hydrogen-bond donors (Lipinski definition) is 2. The zero-order chi connectivity index (χ0) is 44.0. The summed E-state index contributed by atoms with van der Waals surface area (Å²) in [6.45, 7) is 5.83. The Balaban J connectivity index is 1.66. The predicted molar refractivity (Wildman–Crippen MR) is 233 cm³/mol. The first kappa shape index (κ1) is 44.4. The molecule has 61 heavy (non-hydrogen) atoms. The molecule has 2 heterocycles. The molecular weight excluding hydrogens is 839 g/mol. The van der Waals surface area contributed by atoms with Crippen molar-refractivity contribution in [2.75, 3.05) is 32.4 Å². The number of methoxy groups -OCH3 is 3. The Labute approximate surface area is 356 Å². The molecule has 19 heteroatoms. The largest absolute Gasteiger partial charge is 0.497 e. The molecule has 2 aromatic heterocycles. The fourth-order valence-electron chi connectivity index (χ4n) is 6.41. The quantitative estimate of drug-likeness (QED) is 0.0830. The van der Waals surface area contributed by atoms with Crippen LogP contribution in [0.25, 0.3) is 22.5 Å². The average molecular weight is 886 g/mol. The molecular formula is C42H47N7O9S2Si. The van der Waals surface area contributed by atoms with Crippen molar-refractivity contribution in [3.05, 3.63) is 120 Å². The van der Waals surface area contributed by atoms with Gasteiger partial charge in [0.05, 0.1) is 44.1 Å². The normalized spacial score (nSPS) is 12.0. The lowest BCUT2D eigenvalue weighted by Gasteiger charge is -2.26. The summed E-state index contributed by atoms with van der Waals surface area (Å²) in [5, 5.41) is 25.3. The number of carbonyl (C=O) groups is 1. The molecule has 0 aliphatic carbocycles. The maximum Gasteiger partial charge on any atom is 0.410 e. The van der Waals surface area contributed by atoms with Crippen LogP contribution in [0.1, 0.15) is 16.7 Å². The summed E-state index contributed by atoms with van der Waals surface area (Å²) in [6, 6.07) is 27.0. The van der Waals surface area contributed by atoms with E-state index in [0.29, 0.717) is 34.4 Å². The van der Waals surface area contributed by atoms with E-state index in [1.165, 1.54) is 41.7 Å². The van der Waals surface area contributed by atoms with Crippen LogP contribution in [0.2, 0.25) is 25.7 Å². The van der Waals surface area contributed by atoms with E-state index in [-0.39, 0.29) is 53.7 Å². The van der Waals surface area contributed by atoms with Crippen molar-refractivity contribution in [1.29, 1.82) is 0 Å². The van der Waals surface area contributed by atoms with Gasteiger partial charge in [-0.25, -0.2) is 26.6 Å². The number of nitrogens with zero attached hydrogens (tertiary/aromatic N) is 6. The average Bonchev–Trinajstić information content (AvgIpc) is 3.70.